The molecule has 0 aromatic carbocycles. The van der Waals surface area contributed by atoms with Gasteiger partial charge in [-0.1, -0.05) is 0 Å². The number of hydrogen-bond acceptors (Lipinski definition) is 3. The van der Waals surface area contributed by atoms with E-state index in [4.69, 9.17) is 0 Å². The van der Waals surface area contributed by atoms with Gasteiger partial charge in [-0.15, -0.1) is 0 Å². The van der Waals surface area contributed by atoms with Gasteiger partial charge in [-0.3, -0.25) is 14.5 Å². The molecule has 5 nitrogen and oxygen atoms in total. The van der Waals surface area contributed by atoms with Crippen molar-refractivity contribution in [1.29, 1.82) is 0 Å². The number of hydrogen-bond donors (Lipinski definition) is 1. The second-order valence-corrected chi connectivity index (χ2v) is 3.84. The van der Waals surface area contributed by atoms with Gasteiger partial charge in [0.15, 0.2) is 5.82 Å². The van der Waals surface area contributed by atoms with Crippen molar-refractivity contribution in [2.24, 2.45) is 7.05 Å². The van der Waals surface area contributed by atoms with Crippen LogP contribution in [0.3, 0.4) is 0 Å². The molecule has 0 unspecified atom stereocenters. The molecule has 2 aromatic heterocycles. The minimum atomic E-state index is -0.618. The third-order valence-corrected chi connectivity index (χ3v) is 2.45. The lowest BCUT2D eigenvalue weighted by Crippen LogP contribution is -2.26. The number of carbonyl (C=O) groups is 1. The molecule has 0 aliphatic heterocycles. The van der Waals surface area contributed by atoms with Crippen molar-refractivity contribution in [3.63, 3.8) is 0 Å². The van der Waals surface area contributed by atoms with Gasteiger partial charge < -0.3 is 5.32 Å². The van der Waals surface area contributed by atoms with Crippen LogP contribution >= 0.6 is 0 Å². The Balaban J connectivity index is 1.87. The summed E-state index contributed by atoms with van der Waals surface area (Å²) in [4.78, 5) is 15.2. The Morgan fingerprint density at radius 3 is 3.00 bits per heavy atom. The molecule has 0 spiro atoms. The molecule has 94 valence electrons. The van der Waals surface area contributed by atoms with E-state index in [1.807, 2.05) is 19.3 Å². The minimum absolute atomic E-state index is 0.00557. The van der Waals surface area contributed by atoms with Crippen molar-refractivity contribution in [1.82, 2.24) is 20.1 Å². The van der Waals surface area contributed by atoms with E-state index in [1.165, 1.54) is 12.3 Å². The van der Waals surface area contributed by atoms with E-state index in [2.05, 4.69) is 15.4 Å². The number of nitrogens with zero attached hydrogens (tertiary/aromatic N) is 3. The summed E-state index contributed by atoms with van der Waals surface area (Å²) in [5.74, 6) is -1.06. The van der Waals surface area contributed by atoms with Gasteiger partial charge in [0, 0.05) is 32.4 Å². The van der Waals surface area contributed by atoms with Crippen LogP contribution < -0.4 is 5.32 Å². The van der Waals surface area contributed by atoms with E-state index < -0.39 is 11.7 Å². The first-order valence-corrected chi connectivity index (χ1v) is 5.53. The number of halogens is 1. The van der Waals surface area contributed by atoms with E-state index in [9.17, 15) is 9.18 Å². The average molecular weight is 248 g/mol. The fourth-order valence-electron chi connectivity index (χ4n) is 1.56. The third-order valence-electron chi connectivity index (χ3n) is 2.45. The van der Waals surface area contributed by atoms with Crippen LogP contribution in [0.15, 0.2) is 30.7 Å². The summed E-state index contributed by atoms with van der Waals surface area (Å²) < 4.78 is 14.9. The third kappa shape index (κ3) is 2.91. The predicted molar refractivity (Wildman–Crippen MR) is 63.4 cm³/mol. The standard InChI is InChI=1S/C12H13FN4O/c1-17-7-4-9(16-17)2-6-15-12(18)10-3-5-14-8-11(10)13/h3-5,7-8H,2,6H2,1H3,(H,15,18). The van der Waals surface area contributed by atoms with Gasteiger partial charge in [-0.25, -0.2) is 4.39 Å². The topological polar surface area (TPSA) is 59.8 Å². The molecule has 0 aliphatic rings. The summed E-state index contributed by atoms with van der Waals surface area (Å²) >= 11 is 0. The van der Waals surface area contributed by atoms with Gasteiger partial charge in [-0.2, -0.15) is 5.10 Å². The smallest absolute Gasteiger partial charge is 0.254 e. The van der Waals surface area contributed by atoms with Crippen molar-refractivity contribution in [3.8, 4) is 0 Å². The first kappa shape index (κ1) is 12.2. The van der Waals surface area contributed by atoms with Crippen LogP contribution in [0, 0.1) is 5.82 Å². The van der Waals surface area contributed by atoms with Crippen molar-refractivity contribution in [3.05, 3.63) is 47.8 Å². The maximum Gasteiger partial charge on any atom is 0.254 e. The number of pyridine rings is 1. The Hall–Kier alpha value is -2.24. The summed E-state index contributed by atoms with van der Waals surface area (Å²) in [5.41, 5.74) is 0.888. The van der Waals surface area contributed by atoms with Crippen LogP contribution in [0.4, 0.5) is 4.39 Å². The Labute approximate surface area is 104 Å². The first-order valence-electron chi connectivity index (χ1n) is 5.53. The zero-order valence-corrected chi connectivity index (χ0v) is 9.93. The van der Waals surface area contributed by atoms with Gasteiger partial charge >= 0.3 is 0 Å². The largest absolute Gasteiger partial charge is 0.352 e. The van der Waals surface area contributed by atoms with Crippen molar-refractivity contribution >= 4 is 5.91 Å². The monoisotopic (exact) mass is 248 g/mol. The SMILES string of the molecule is Cn1ccc(CCNC(=O)c2ccncc2F)n1. The summed E-state index contributed by atoms with van der Waals surface area (Å²) in [6.07, 6.45) is 4.85. The molecular formula is C12H13FN4O. The molecule has 0 aliphatic carbocycles. The molecule has 0 saturated carbocycles. The lowest BCUT2D eigenvalue weighted by Gasteiger charge is -2.04. The summed E-state index contributed by atoms with van der Waals surface area (Å²) in [6, 6.07) is 3.23. The molecule has 0 atom stereocenters. The molecule has 1 N–H and O–H groups in total. The lowest BCUT2D eigenvalue weighted by atomic mass is 10.2. The number of aromatic nitrogens is 3. The van der Waals surface area contributed by atoms with Crippen molar-refractivity contribution < 1.29 is 9.18 Å². The normalized spacial score (nSPS) is 10.3. The molecule has 1 amide bonds. The van der Waals surface area contributed by atoms with Gasteiger partial charge in [0.2, 0.25) is 0 Å². The van der Waals surface area contributed by atoms with Crippen LogP contribution in [-0.4, -0.2) is 27.2 Å². The Morgan fingerprint density at radius 2 is 2.33 bits per heavy atom. The molecular weight excluding hydrogens is 235 g/mol. The minimum Gasteiger partial charge on any atom is -0.352 e. The molecule has 0 saturated heterocycles. The highest BCUT2D eigenvalue weighted by Gasteiger charge is 2.10. The number of amides is 1. The van der Waals surface area contributed by atoms with E-state index >= 15 is 0 Å². The summed E-state index contributed by atoms with van der Waals surface area (Å²) in [7, 11) is 1.83. The highest BCUT2D eigenvalue weighted by molar-refractivity contribution is 5.94. The molecule has 0 fully saturated rings. The summed E-state index contributed by atoms with van der Waals surface area (Å²) in [5, 5.41) is 6.82. The van der Waals surface area contributed by atoms with Gasteiger partial charge in [0.05, 0.1) is 17.5 Å². The van der Waals surface area contributed by atoms with Gasteiger partial charge in [0.25, 0.3) is 5.91 Å². The molecule has 0 radical (unpaired) electrons. The average Bonchev–Trinajstić information content (AvgIpc) is 2.75. The molecule has 18 heavy (non-hydrogen) atoms. The maximum absolute atomic E-state index is 13.3. The maximum atomic E-state index is 13.3. The predicted octanol–water partition coefficient (Wildman–Crippen LogP) is 0.927. The number of aryl methyl sites for hydroxylation is 1. The Morgan fingerprint density at radius 1 is 1.50 bits per heavy atom. The Bertz CT molecular complexity index is 553. The Kier molecular flexibility index (Phi) is 3.66. The highest BCUT2D eigenvalue weighted by Crippen LogP contribution is 2.03. The fourth-order valence-corrected chi connectivity index (χ4v) is 1.56. The van der Waals surface area contributed by atoms with Crippen LogP contribution in [0.25, 0.3) is 0 Å². The second-order valence-electron chi connectivity index (χ2n) is 3.84. The van der Waals surface area contributed by atoms with Gasteiger partial charge in [0.1, 0.15) is 0 Å². The summed E-state index contributed by atoms with van der Waals surface area (Å²) in [6.45, 7) is 0.414. The van der Waals surface area contributed by atoms with Crippen LogP contribution in [0.5, 0.6) is 0 Å². The van der Waals surface area contributed by atoms with Crippen molar-refractivity contribution in [2.45, 2.75) is 6.42 Å². The fraction of sp³-hybridized carbons (Fsp3) is 0.250. The lowest BCUT2D eigenvalue weighted by molar-refractivity contribution is 0.0950. The molecule has 2 rings (SSSR count). The quantitative estimate of drug-likeness (QED) is 0.875. The number of rotatable bonds is 4. The van der Waals surface area contributed by atoms with Crippen LogP contribution in [-0.2, 0) is 13.5 Å². The molecule has 2 aromatic rings. The first-order chi connectivity index (χ1) is 8.66. The second kappa shape index (κ2) is 5.39. The van der Waals surface area contributed by atoms with Crippen LogP contribution in [0.2, 0.25) is 0 Å². The molecule has 6 heteroatoms. The number of nitrogens with one attached hydrogen (secondary N) is 1. The van der Waals surface area contributed by atoms with E-state index in [-0.39, 0.29) is 5.56 Å². The van der Waals surface area contributed by atoms with E-state index in [0.717, 1.165) is 11.9 Å². The molecule has 2 heterocycles. The van der Waals surface area contributed by atoms with Crippen molar-refractivity contribution in [2.75, 3.05) is 6.54 Å². The van der Waals surface area contributed by atoms with Crippen LogP contribution in [0.1, 0.15) is 16.1 Å². The van der Waals surface area contributed by atoms with E-state index in [1.54, 1.807) is 4.68 Å². The van der Waals surface area contributed by atoms with Gasteiger partial charge in [-0.05, 0) is 12.1 Å². The zero-order chi connectivity index (χ0) is 13.0. The zero-order valence-electron chi connectivity index (χ0n) is 9.93. The van der Waals surface area contributed by atoms with E-state index in [0.29, 0.717) is 13.0 Å². The highest BCUT2D eigenvalue weighted by atomic mass is 19.1. The number of carbonyl (C=O) groups excluding carboxylic acids is 1. The molecule has 0 bridgehead atoms.